The van der Waals surface area contributed by atoms with E-state index in [-0.39, 0.29) is 37.5 Å². The summed E-state index contributed by atoms with van der Waals surface area (Å²) in [6, 6.07) is 0. The zero-order valence-corrected chi connectivity index (χ0v) is 11.3. The van der Waals surface area contributed by atoms with Gasteiger partial charge in [0.25, 0.3) is 0 Å². The molecule has 0 atom stereocenters. The summed E-state index contributed by atoms with van der Waals surface area (Å²) in [5.74, 6) is 0.0358. The van der Waals surface area contributed by atoms with Crippen molar-refractivity contribution in [1.29, 1.82) is 5.41 Å². The average molecular weight is 286 g/mol. The van der Waals surface area contributed by atoms with Gasteiger partial charge in [-0.2, -0.15) is 0 Å². The Labute approximate surface area is 113 Å². The minimum absolute atomic E-state index is 0. The monoisotopic (exact) mass is 285 g/mol. The van der Waals surface area contributed by atoms with Gasteiger partial charge in [-0.15, -0.1) is 12.4 Å². The van der Waals surface area contributed by atoms with Crippen molar-refractivity contribution < 1.29 is 15.3 Å². The van der Waals surface area contributed by atoms with Crippen LogP contribution in [0.2, 0.25) is 0 Å². The molecule has 0 aromatic heterocycles. The number of guanidine groups is 2. The highest BCUT2D eigenvalue weighted by atomic mass is 35.5. The summed E-state index contributed by atoms with van der Waals surface area (Å²) in [6.45, 7) is 2.03. The summed E-state index contributed by atoms with van der Waals surface area (Å²) >= 11 is 0. The number of nitrogens with two attached hydrogens (primary N) is 2. The fourth-order valence-electron chi connectivity index (χ4n) is 0.593. The maximum atomic E-state index is 8.17. The molecule has 9 N–H and O–H groups in total. The maximum Gasteiger partial charge on any atom is 0.195 e. The van der Waals surface area contributed by atoms with Crippen molar-refractivity contribution in [3.63, 3.8) is 0 Å². The molecule has 0 aromatic rings. The van der Waals surface area contributed by atoms with Crippen LogP contribution < -0.4 is 16.8 Å². The molecule has 0 aromatic carbocycles. The Bertz CT molecular complexity index is 224. The molecule has 0 amide bonds. The van der Waals surface area contributed by atoms with Crippen molar-refractivity contribution in [3.05, 3.63) is 0 Å². The second-order valence-corrected chi connectivity index (χ2v) is 3.18. The summed E-state index contributed by atoms with van der Waals surface area (Å²) in [5, 5.41) is 33.2. The van der Waals surface area contributed by atoms with E-state index in [1.165, 1.54) is 0 Å². The maximum absolute atomic E-state index is 8.17. The molecule has 0 fully saturated rings. The number of unbranched alkanes of at least 4 members (excludes halogenated alkanes) is 1. The SMILES string of the molecule is CCCCN=C(N)NC(=N)N.Cl.OCC(O)CO. The van der Waals surface area contributed by atoms with Crippen molar-refractivity contribution in [2.45, 2.75) is 25.9 Å². The van der Waals surface area contributed by atoms with E-state index in [9.17, 15) is 0 Å². The zero-order chi connectivity index (χ0) is 13.7. The van der Waals surface area contributed by atoms with Crippen molar-refractivity contribution >= 4 is 24.3 Å². The standard InChI is InChI=1S/C6H15N5.C3H8O3.ClH/c1-2-3-4-10-6(9)11-5(7)8;4-1-3(6)2-5;/h2-4H2,1H3,(H6,7,8,9,10,11);3-6H,1-2H2;1H. The molecular formula is C9H24ClN5O3. The number of aliphatic hydroxyl groups is 3. The lowest BCUT2D eigenvalue weighted by Crippen LogP contribution is -2.40. The largest absolute Gasteiger partial charge is 0.394 e. The number of nitrogens with one attached hydrogen (secondary N) is 2. The number of rotatable bonds is 5. The molecule has 0 rings (SSSR count). The van der Waals surface area contributed by atoms with Gasteiger partial charge in [-0.05, 0) is 6.42 Å². The number of aliphatic imine (C=N–C) groups is 1. The fourth-order valence-corrected chi connectivity index (χ4v) is 0.593. The second kappa shape index (κ2) is 15.9. The first-order valence-corrected chi connectivity index (χ1v) is 5.28. The second-order valence-electron chi connectivity index (χ2n) is 3.18. The van der Waals surface area contributed by atoms with Gasteiger partial charge in [0.1, 0.15) is 6.10 Å². The molecule has 8 nitrogen and oxygen atoms in total. The lowest BCUT2D eigenvalue weighted by molar-refractivity contribution is 0.0450. The van der Waals surface area contributed by atoms with E-state index in [2.05, 4.69) is 17.2 Å². The van der Waals surface area contributed by atoms with Gasteiger partial charge in [0.15, 0.2) is 11.9 Å². The number of nitrogens with zero attached hydrogens (tertiary/aromatic N) is 1. The van der Waals surface area contributed by atoms with E-state index in [0.29, 0.717) is 6.54 Å². The highest BCUT2D eigenvalue weighted by Gasteiger charge is 1.93. The molecule has 0 aliphatic rings. The third-order valence-corrected chi connectivity index (χ3v) is 1.48. The van der Waals surface area contributed by atoms with Gasteiger partial charge in [-0.25, -0.2) is 0 Å². The van der Waals surface area contributed by atoms with E-state index in [0.717, 1.165) is 12.8 Å². The van der Waals surface area contributed by atoms with Crippen LogP contribution in [0.3, 0.4) is 0 Å². The van der Waals surface area contributed by atoms with Crippen LogP contribution in [0.25, 0.3) is 0 Å². The smallest absolute Gasteiger partial charge is 0.195 e. The van der Waals surface area contributed by atoms with E-state index in [1.807, 2.05) is 0 Å². The van der Waals surface area contributed by atoms with Crippen LogP contribution in [0.1, 0.15) is 19.8 Å². The van der Waals surface area contributed by atoms with Crippen molar-refractivity contribution in [2.24, 2.45) is 16.5 Å². The van der Waals surface area contributed by atoms with Gasteiger partial charge in [0.05, 0.1) is 13.2 Å². The van der Waals surface area contributed by atoms with Gasteiger partial charge in [0.2, 0.25) is 0 Å². The highest BCUT2D eigenvalue weighted by Crippen LogP contribution is 1.85. The van der Waals surface area contributed by atoms with Crippen molar-refractivity contribution in [1.82, 2.24) is 5.32 Å². The van der Waals surface area contributed by atoms with Crippen LogP contribution in [0.15, 0.2) is 4.99 Å². The highest BCUT2D eigenvalue weighted by molar-refractivity contribution is 5.95. The molecule has 0 aliphatic carbocycles. The average Bonchev–Trinajstić information content (AvgIpc) is 2.28. The summed E-state index contributed by atoms with van der Waals surface area (Å²) in [7, 11) is 0. The summed E-state index contributed by atoms with van der Waals surface area (Å²) in [4.78, 5) is 3.92. The van der Waals surface area contributed by atoms with Gasteiger partial charge < -0.3 is 26.8 Å². The first-order chi connectivity index (χ1) is 7.97. The third kappa shape index (κ3) is 20.3. The van der Waals surface area contributed by atoms with E-state index < -0.39 is 6.10 Å². The van der Waals surface area contributed by atoms with Crippen LogP contribution in [-0.2, 0) is 0 Å². The first-order valence-electron chi connectivity index (χ1n) is 5.28. The molecule has 0 spiro atoms. The Balaban J connectivity index is -0.000000277. The number of aliphatic hydroxyl groups excluding tert-OH is 3. The lowest BCUT2D eigenvalue weighted by Gasteiger charge is -2.00. The molecule has 0 aliphatic heterocycles. The molecule has 9 heteroatoms. The van der Waals surface area contributed by atoms with Crippen LogP contribution in [0, 0.1) is 5.41 Å². The predicted molar refractivity (Wildman–Crippen MR) is 73.9 cm³/mol. The molecule has 0 unspecified atom stereocenters. The Kier molecular flexibility index (Phi) is 19.6. The predicted octanol–water partition coefficient (Wildman–Crippen LogP) is -1.66. The van der Waals surface area contributed by atoms with E-state index in [1.54, 1.807) is 0 Å². The first kappa shape index (κ1) is 22.1. The Morgan fingerprint density at radius 1 is 1.33 bits per heavy atom. The van der Waals surface area contributed by atoms with Crippen molar-refractivity contribution in [3.8, 4) is 0 Å². The van der Waals surface area contributed by atoms with E-state index >= 15 is 0 Å². The molecular weight excluding hydrogens is 262 g/mol. The Morgan fingerprint density at radius 2 is 1.83 bits per heavy atom. The molecule has 0 radical (unpaired) electrons. The van der Waals surface area contributed by atoms with Crippen LogP contribution >= 0.6 is 12.4 Å². The van der Waals surface area contributed by atoms with Crippen molar-refractivity contribution in [2.75, 3.05) is 19.8 Å². The number of hydrogen-bond acceptors (Lipinski definition) is 5. The van der Waals surface area contributed by atoms with Crippen LogP contribution in [0.4, 0.5) is 0 Å². The minimum Gasteiger partial charge on any atom is -0.394 e. The van der Waals surface area contributed by atoms with Gasteiger partial charge in [0, 0.05) is 6.54 Å². The Morgan fingerprint density at radius 3 is 2.11 bits per heavy atom. The quantitative estimate of drug-likeness (QED) is 0.182. The van der Waals surface area contributed by atoms with Crippen LogP contribution in [0.5, 0.6) is 0 Å². The molecule has 0 heterocycles. The summed E-state index contributed by atoms with van der Waals surface area (Å²) in [5.41, 5.74) is 10.3. The van der Waals surface area contributed by atoms with Crippen LogP contribution in [-0.4, -0.2) is 53.1 Å². The number of hydrogen-bond donors (Lipinski definition) is 7. The normalized spacial score (nSPS) is 10.2. The summed E-state index contributed by atoms with van der Waals surface area (Å²) in [6.07, 6.45) is 1.13. The lowest BCUT2D eigenvalue weighted by atomic mass is 10.3. The molecule has 0 bridgehead atoms. The molecule has 110 valence electrons. The van der Waals surface area contributed by atoms with Gasteiger partial charge in [-0.3, -0.25) is 15.7 Å². The van der Waals surface area contributed by atoms with Gasteiger partial charge in [-0.1, -0.05) is 13.3 Å². The topological polar surface area (TPSA) is 161 Å². The number of halogens is 1. The molecule has 18 heavy (non-hydrogen) atoms. The summed E-state index contributed by atoms with van der Waals surface area (Å²) < 4.78 is 0. The fraction of sp³-hybridized carbons (Fsp3) is 0.778. The van der Waals surface area contributed by atoms with Gasteiger partial charge >= 0.3 is 0 Å². The Hall–Kier alpha value is -1.09. The zero-order valence-electron chi connectivity index (χ0n) is 10.5. The third-order valence-electron chi connectivity index (χ3n) is 1.48. The van der Waals surface area contributed by atoms with E-state index in [4.69, 9.17) is 32.2 Å². The minimum atomic E-state index is -0.954. The molecule has 0 saturated heterocycles. The molecule has 0 saturated carbocycles.